The van der Waals surface area contributed by atoms with Gasteiger partial charge in [0.2, 0.25) is 0 Å². The first-order valence-electron chi connectivity index (χ1n) is 6.10. The highest BCUT2D eigenvalue weighted by molar-refractivity contribution is 7.81. The summed E-state index contributed by atoms with van der Waals surface area (Å²) < 4.78 is 10.5. The largest absolute Gasteiger partial charge is 0.493 e. The van der Waals surface area contributed by atoms with Crippen molar-refractivity contribution in [2.45, 2.75) is 6.92 Å². The molecule has 0 atom stereocenters. The van der Waals surface area contributed by atoms with Crippen molar-refractivity contribution in [2.75, 3.05) is 19.5 Å². The molecule has 0 aliphatic carbocycles. The van der Waals surface area contributed by atoms with Crippen LogP contribution in [-0.4, -0.2) is 24.2 Å². The number of anilines is 1. The van der Waals surface area contributed by atoms with Crippen LogP contribution in [0.15, 0.2) is 36.5 Å². The number of ether oxygens (including phenoxy) is 2. The van der Waals surface area contributed by atoms with E-state index in [1.54, 1.807) is 20.4 Å². The molecule has 1 aromatic carbocycles. The minimum absolute atomic E-state index is 0.570. The molecule has 1 aromatic heterocycles. The van der Waals surface area contributed by atoms with Gasteiger partial charge in [0.15, 0.2) is 11.5 Å². The van der Waals surface area contributed by atoms with Crippen molar-refractivity contribution in [3.63, 3.8) is 0 Å². The van der Waals surface area contributed by atoms with E-state index in [0.717, 1.165) is 16.9 Å². The molecule has 0 radical (unpaired) electrons. The third-order valence-corrected chi connectivity index (χ3v) is 3.10. The molecule has 0 aliphatic rings. The van der Waals surface area contributed by atoms with Crippen molar-refractivity contribution in [2.24, 2.45) is 0 Å². The van der Waals surface area contributed by atoms with E-state index in [9.17, 15) is 0 Å². The molecule has 0 fully saturated rings. The Labute approximate surface area is 123 Å². The van der Waals surface area contributed by atoms with Gasteiger partial charge in [-0.3, -0.25) is 4.98 Å². The van der Waals surface area contributed by atoms with Crippen LogP contribution >= 0.6 is 12.2 Å². The van der Waals surface area contributed by atoms with Gasteiger partial charge in [-0.25, -0.2) is 0 Å². The lowest BCUT2D eigenvalue weighted by molar-refractivity contribution is 0.355. The number of aromatic nitrogens is 1. The van der Waals surface area contributed by atoms with Crippen LogP contribution in [0.4, 0.5) is 5.69 Å². The fourth-order valence-electron chi connectivity index (χ4n) is 1.77. The van der Waals surface area contributed by atoms with E-state index in [2.05, 4.69) is 10.3 Å². The summed E-state index contributed by atoms with van der Waals surface area (Å²) in [5.74, 6) is 1.33. The summed E-state index contributed by atoms with van der Waals surface area (Å²) in [6.07, 6.45) is 1.74. The van der Waals surface area contributed by atoms with Crippen LogP contribution in [0.5, 0.6) is 11.5 Å². The molecule has 1 heterocycles. The number of aryl methyl sites for hydroxylation is 1. The molecule has 2 aromatic rings. The van der Waals surface area contributed by atoms with Gasteiger partial charge in [0.25, 0.3) is 0 Å². The lowest BCUT2D eigenvalue weighted by Crippen LogP contribution is -2.12. The summed E-state index contributed by atoms with van der Waals surface area (Å²) in [4.78, 5) is 4.82. The Balaban J connectivity index is 2.19. The highest BCUT2D eigenvalue weighted by atomic mass is 32.1. The maximum atomic E-state index is 5.36. The van der Waals surface area contributed by atoms with Gasteiger partial charge in [-0.1, -0.05) is 12.2 Å². The Kier molecular flexibility index (Phi) is 4.53. The lowest BCUT2D eigenvalue weighted by atomic mass is 10.2. The fraction of sp³-hybridized carbons (Fsp3) is 0.200. The molecule has 0 saturated heterocycles. The van der Waals surface area contributed by atoms with Crippen LogP contribution in [0.25, 0.3) is 0 Å². The van der Waals surface area contributed by atoms with Crippen molar-refractivity contribution in [3.8, 4) is 11.5 Å². The number of rotatable bonds is 4. The van der Waals surface area contributed by atoms with E-state index < -0.39 is 0 Å². The fourth-order valence-corrected chi connectivity index (χ4v) is 2.00. The maximum Gasteiger partial charge on any atom is 0.162 e. The Morgan fingerprint density at radius 3 is 2.50 bits per heavy atom. The molecule has 0 spiro atoms. The Hall–Kier alpha value is -2.14. The first-order valence-corrected chi connectivity index (χ1v) is 6.51. The Morgan fingerprint density at radius 2 is 1.85 bits per heavy atom. The van der Waals surface area contributed by atoms with Crippen LogP contribution in [0, 0.1) is 6.92 Å². The van der Waals surface area contributed by atoms with Crippen LogP contribution in [0.2, 0.25) is 0 Å². The second kappa shape index (κ2) is 6.34. The molecular weight excluding hydrogens is 272 g/mol. The number of hydrogen-bond acceptors (Lipinski definition) is 4. The summed E-state index contributed by atoms with van der Waals surface area (Å²) in [6, 6.07) is 9.41. The monoisotopic (exact) mass is 288 g/mol. The van der Waals surface area contributed by atoms with Gasteiger partial charge < -0.3 is 14.8 Å². The third kappa shape index (κ3) is 3.24. The van der Waals surface area contributed by atoms with Gasteiger partial charge in [0.1, 0.15) is 4.99 Å². The summed E-state index contributed by atoms with van der Waals surface area (Å²) in [5.41, 5.74) is 2.69. The number of nitrogens with one attached hydrogen (secondary N) is 1. The third-order valence-electron chi connectivity index (χ3n) is 2.79. The predicted molar refractivity (Wildman–Crippen MR) is 83.8 cm³/mol. The molecule has 0 amide bonds. The van der Waals surface area contributed by atoms with Gasteiger partial charge in [-0.15, -0.1) is 0 Å². The smallest absolute Gasteiger partial charge is 0.162 e. The standard InChI is InChI=1S/C15H16N2O2S/c1-10-6-7-16-12(8-10)15(20)17-11-4-5-13(18-2)14(9-11)19-3/h4-9H,1-3H3,(H,17,20). The van der Waals surface area contributed by atoms with Gasteiger partial charge in [0, 0.05) is 18.0 Å². The summed E-state index contributed by atoms with van der Waals surface area (Å²) in [5, 5.41) is 3.14. The number of benzene rings is 1. The minimum Gasteiger partial charge on any atom is -0.493 e. The van der Waals surface area contributed by atoms with Crippen LogP contribution in [0.1, 0.15) is 11.3 Å². The van der Waals surface area contributed by atoms with E-state index in [1.807, 2.05) is 37.3 Å². The van der Waals surface area contributed by atoms with E-state index in [4.69, 9.17) is 21.7 Å². The quantitative estimate of drug-likeness (QED) is 0.875. The van der Waals surface area contributed by atoms with Gasteiger partial charge >= 0.3 is 0 Å². The number of pyridine rings is 1. The topological polar surface area (TPSA) is 43.4 Å². The van der Waals surface area contributed by atoms with E-state index in [0.29, 0.717) is 16.5 Å². The van der Waals surface area contributed by atoms with Crippen molar-refractivity contribution in [1.29, 1.82) is 0 Å². The van der Waals surface area contributed by atoms with E-state index >= 15 is 0 Å². The summed E-state index contributed by atoms with van der Waals surface area (Å²) in [7, 11) is 3.20. The number of thiocarbonyl (C=S) groups is 1. The molecular formula is C15H16N2O2S. The Bertz CT molecular complexity index is 629. The maximum absolute atomic E-state index is 5.36. The predicted octanol–water partition coefficient (Wildman–Crippen LogP) is 3.19. The van der Waals surface area contributed by atoms with Gasteiger partial charge in [0.05, 0.1) is 19.9 Å². The van der Waals surface area contributed by atoms with Gasteiger partial charge in [-0.05, 0) is 36.8 Å². The molecule has 4 nitrogen and oxygen atoms in total. The zero-order chi connectivity index (χ0) is 14.5. The SMILES string of the molecule is COc1ccc(NC(=S)c2cc(C)ccn2)cc1OC. The Morgan fingerprint density at radius 1 is 1.10 bits per heavy atom. The van der Waals surface area contributed by atoms with Crippen molar-refractivity contribution < 1.29 is 9.47 Å². The molecule has 2 rings (SSSR count). The number of methoxy groups -OCH3 is 2. The van der Waals surface area contributed by atoms with E-state index in [1.165, 1.54) is 0 Å². The zero-order valence-corrected chi connectivity index (χ0v) is 12.5. The molecule has 5 heteroatoms. The second-order valence-electron chi connectivity index (χ2n) is 4.24. The molecule has 0 aliphatic heterocycles. The average molecular weight is 288 g/mol. The molecule has 20 heavy (non-hydrogen) atoms. The molecule has 1 N–H and O–H groups in total. The molecule has 0 unspecified atom stereocenters. The normalized spacial score (nSPS) is 9.95. The van der Waals surface area contributed by atoms with Crippen molar-refractivity contribution >= 4 is 22.9 Å². The second-order valence-corrected chi connectivity index (χ2v) is 4.65. The van der Waals surface area contributed by atoms with Gasteiger partial charge in [-0.2, -0.15) is 0 Å². The first kappa shape index (κ1) is 14.3. The zero-order valence-electron chi connectivity index (χ0n) is 11.6. The molecule has 104 valence electrons. The van der Waals surface area contributed by atoms with Crippen molar-refractivity contribution in [3.05, 3.63) is 47.8 Å². The average Bonchev–Trinajstić information content (AvgIpc) is 2.47. The molecule has 0 saturated carbocycles. The van der Waals surface area contributed by atoms with Crippen molar-refractivity contribution in [1.82, 2.24) is 4.98 Å². The van der Waals surface area contributed by atoms with E-state index in [-0.39, 0.29) is 0 Å². The molecule has 0 bridgehead atoms. The summed E-state index contributed by atoms with van der Waals surface area (Å²) in [6.45, 7) is 2.00. The highest BCUT2D eigenvalue weighted by Gasteiger charge is 2.07. The van der Waals surface area contributed by atoms with Crippen LogP contribution < -0.4 is 14.8 Å². The lowest BCUT2D eigenvalue weighted by Gasteiger charge is -2.11. The first-order chi connectivity index (χ1) is 9.63. The minimum atomic E-state index is 0.570. The van der Waals surface area contributed by atoms with Crippen LogP contribution in [-0.2, 0) is 0 Å². The van der Waals surface area contributed by atoms with Crippen LogP contribution in [0.3, 0.4) is 0 Å². The summed E-state index contributed by atoms with van der Waals surface area (Å²) >= 11 is 5.36. The number of nitrogens with zero attached hydrogens (tertiary/aromatic N) is 1. The number of hydrogen-bond donors (Lipinski definition) is 1. The highest BCUT2D eigenvalue weighted by Crippen LogP contribution is 2.29.